The van der Waals surface area contributed by atoms with Gasteiger partial charge in [0, 0.05) is 12.1 Å². The lowest BCUT2D eigenvalue weighted by Gasteiger charge is -2.55. The Hall–Kier alpha value is -1.15. The van der Waals surface area contributed by atoms with E-state index in [-0.39, 0.29) is 0 Å². The van der Waals surface area contributed by atoms with E-state index in [0.717, 1.165) is 56.5 Å². The number of hydrogen-bond acceptors (Lipinski definition) is 3. The van der Waals surface area contributed by atoms with Gasteiger partial charge in [-0.25, -0.2) is 14.7 Å². The van der Waals surface area contributed by atoms with Crippen LogP contribution in [0.5, 0.6) is 0 Å². The van der Waals surface area contributed by atoms with Gasteiger partial charge in [0.2, 0.25) is 0 Å². The SMILES string of the molecule is CCN1CN2CN(C)C[N+](Cc3ccc(C(F)(F)F)cc3)(C1)C2. The van der Waals surface area contributed by atoms with E-state index in [1.807, 2.05) is 0 Å². The molecule has 0 N–H and O–H groups in total. The van der Waals surface area contributed by atoms with E-state index in [1.54, 1.807) is 12.1 Å². The highest BCUT2D eigenvalue weighted by Crippen LogP contribution is 2.30. The topological polar surface area (TPSA) is 9.72 Å². The predicted molar refractivity (Wildman–Crippen MR) is 81.7 cm³/mol. The summed E-state index contributed by atoms with van der Waals surface area (Å²) in [4.78, 5) is 7.10. The van der Waals surface area contributed by atoms with E-state index in [2.05, 4.69) is 28.7 Å². The molecule has 128 valence electrons. The number of halogens is 3. The molecule has 0 amide bonds. The van der Waals surface area contributed by atoms with Gasteiger partial charge in [-0.1, -0.05) is 19.1 Å². The minimum Gasteiger partial charge on any atom is -0.282 e. The van der Waals surface area contributed by atoms with Gasteiger partial charge in [-0.3, -0.25) is 4.48 Å². The van der Waals surface area contributed by atoms with Crippen molar-refractivity contribution in [1.82, 2.24) is 14.7 Å². The van der Waals surface area contributed by atoms with Gasteiger partial charge in [-0.05, 0) is 19.2 Å². The summed E-state index contributed by atoms with van der Waals surface area (Å²) in [6, 6.07) is 5.64. The third-order valence-electron chi connectivity index (χ3n) is 4.63. The quantitative estimate of drug-likeness (QED) is 0.789. The van der Waals surface area contributed by atoms with Crippen LogP contribution >= 0.6 is 0 Å². The average Bonchev–Trinajstić information content (AvgIpc) is 2.45. The summed E-state index contributed by atoms with van der Waals surface area (Å²) in [7, 11) is 2.10. The monoisotopic (exact) mass is 329 g/mol. The molecule has 23 heavy (non-hydrogen) atoms. The summed E-state index contributed by atoms with van der Waals surface area (Å²) in [5.41, 5.74) is 0.388. The third-order valence-corrected chi connectivity index (χ3v) is 4.63. The van der Waals surface area contributed by atoms with Gasteiger partial charge in [0.15, 0.2) is 0 Å². The van der Waals surface area contributed by atoms with Crippen LogP contribution in [0.4, 0.5) is 13.2 Å². The lowest BCUT2D eigenvalue weighted by atomic mass is 10.1. The molecule has 2 fully saturated rings. The van der Waals surface area contributed by atoms with Crippen LogP contribution in [0.1, 0.15) is 18.1 Å². The molecule has 2 bridgehead atoms. The van der Waals surface area contributed by atoms with Crippen molar-refractivity contribution in [1.29, 1.82) is 0 Å². The third kappa shape index (κ3) is 3.68. The van der Waals surface area contributed by atoms with Crippen LogP contribution in [-0.4, -0.2) is 66.1 Å². The fraction of sp³-hybridized carbons (Fsp3) is 0.625. The van der Waals surface area contributed by atoms with E-state index >= 15 is 0 Å². The molecule has 4 nitrogen and oxygen atoms in total. The maximum Gasteiger partial charge on any atom is 0.416 e. The van der Waals surface area contributed by atoms with Gasteiger partial charge in [0.25, 0.3) is 0 Å². The smallest absolute Gasteiger partial charge is 0.282 e. The van der Waals surface area contributed by atoms with Crippen LogP contribution < -0.4 is 0 Å². The first-order valence-electron chi connectivity index (χ1n) is 7.94. The molecule has 2 saturated heterocycles. The molecule has 0 saturated carbocycles. The zero-order chi connectivity index (χ0) is 16.7. The van der Waals surface area contributed by atoms with Crippen molar-refractivity contribution in [2.24, 2.45) is 0 Å². The Kier molecular flexibility index (Phi) is 4.39. The molecule has 0 aromatic heterocycles. The summed E-state index contributed by atoms with van der Waals surface area (Å²) in [5, 5.41) is 0. The highest BCUT2D eigenvalue weighted by atomic mass is 19.4. The number of alkyl halides is 3. The molecule has 1 aromatic carbocycles. The first-order valence-corrected chi connectivity index (χ1v) is 7.94. The number of rotatable bonds is 3. The molecule has 2 unspecified atom stereocenters. The molecule has 2 atom stereocenters. The molecule has 0 aliphatic carbocycles. The van der Waals surface area contributed by atoms with E-state index in [0.29, 0.717) is 0 Å². The van der Waals surface area contributed by atoms with Crippen LogP contribution in [0.3, 0.4) is 0 Å². The highest BCUT2D eigenvalue weighted by molar-refractivity contribution is 5.24. The molecular weight excluding hydrogens is 305 g/mol. The van der Waals surface area contributed by atoms with Crippen molar-refractivity contribution < 1.29 is 17.7 Å². The molecule has 2 aliphatic heterocycles. The number of hydrogen-bond donors (Lipinski definition) is 0. The molecule has 3 rings (SSSR count). The summed E-state index contributed by atoms with van der Waals surface area (Å²) >= 11 is 0. The Morgan fingerprint density at radius 1 is 1.04 bits per heavy atom. The van der Waals surface area contributed by atoms with Crippen molar-refractivity contribution >= 4 is 0 Å². The Morgan fingerprint density at radius 2 is 1.74 bits per heavy atom. The fourth-order valence-corrected chi connectivity index (χ4v) is 3.88. The van der Waals surface area contributed by atoms with Crippen LogP contribution in [0, 0.1) is 0 Å². The van der Waals surface area contributed by atoms with E-state index in [1.165, 1.54) is 12.1 Å². The summed E-state index contributed by atoms with van der Waals surface area (Å²) in [6.45, 7) is 8.65. The zero-order valence-electron chi connectivity index (χ0n) is 13.7. The minimum atomic E-state index is -4.27. The second-order valence-corrected chi connectivity index (χ2v) is 6.92. The fourth-order valence-electron chi connectivity index (χ4n) is 3.88. The maximum atomic E-state index is 12.7. The molecule has 0 radical (unpaired) electrons. The molecule has 2 aliphatic rings. The first kappa shape index (κ1) is 16.7. The molecule has 1 aromatic rings. The van der Waals surface area contributed by atoms with Gasteiger partial charge >= 0.3 is 6.18 Å². The Balaban J connectivity index is 1.79. The molecule has 0 spiro atoms. The zero-order valence-corrected chi connectivity index (χ0v) is 13.7. The molecule has 2 heterocycles. The second-order valence-electron chi connectivity index (χ2n) is 6.92. The normalized spacial score (nSPS) is 29.7. The van der Waals surface area contributed by atoms with E-state index in [9.17, 15) is 13.2 Å². The van der Waals surface area contributed by atoms with Crippen molar-refractivity contribution in [3.05, 3.63) is 35.4 Å². The number of benzene rings is 1. The number of nitrogens with zero attached hydrogens (tertiary/aromatic N) is 4. The van der Waals surface area contributed by atoms with Gasteiger partial charge in [-0.2, -0.15) is 13.2 Å². The number of fused-ring (bicyclic) bond motifs is 2. The largest absolute Gasteiger partial charge is 0.416 e. The summed E-state index contributed by atoms with van der Waals surface area (Å²) in [6.07, 6.45) is -4.27. The number of quaternary nitrogens is 1. The average molecular weight is 329 g/mol. The standard InChI is InChI=1S/C16H24F3N4/c1-3-21-10-22-9-20(2)11-23(12-21,13-22)8-14-4-6-15(7-5-14)16(17,18)19/h4-7H,3,8-13H2,1-2H3/q+1. The molecular formula is C16H24F3N4+. The van der Waals surface area contributed by atoms with Gasteiger partial charge in [0.05, 0.1) is 18.9 Å². The highest BCUT2D eigenvalue weighted by Gasteiger charge is 2.42. The Bertz CT molecular complexity index is 541. The van der Waals surface area contributed by atoms with Crippen LogP contribution in [-0.2, 0) is 12.7 Å². The van der Waals surface area contributed by atoms with E-state index < -0.39 is 11.7 Å². The Labute approximate surface area is 135 Å². The summed E-state index contributed by atoms with van der Waals surface area (Å²) < 4.78 is 39.0. The van der Waals surface area contributed by atoms with Crippen molar-refractivity contribution in [2.75, 3.05) is 46.9 Å². The van der Waals surface area contributed by atoms with Crippen LogP contribution in [0.2, 0.25) is 0 Å². The molecule has 7 heteroatoms. The maximum absolute atomic E-state index is 12.7. The van der Waals surface area contributed by atoms with Gasteiger partial charge < -0.3 is 0 Å². The predicted octanol–water partition coefficient (Wildman–Crippen LogP) is 2.39. The lowest BCUT2D eigenvalue weighted by molar-refractivity contribution is -0.982. The lowest BCUT2D eigenvalue weighted by Crippen LogP contribution is -2.72. The Morgan fingerprint density at radius 3 is 2.35 bits per heavy atom. The van der Waals surface area contributed by atoms with E-state index in [4.69, 9.17) is 0 Å². The van der Waals surface area contributed by atoms with Crippen molar-refractivity contribution in [3.8, 4) is 0 Å². The van der Waals surface area contributed by atoms with Crippen molar-refractivity contribution in [2.45, 2.75) is 19.6 Å². The van der Waals surface area contributed by atoms with Gasteiger partial charge in [-0.15, -0.1) is 0 Å². The van der Waals surface area contributed by atoms with Gasteiger partial charge in [0.1, 0.15) is 26.6 Å². The summed E-state index contributed by atoms with van der Waals surface area (Å²) in [5.74, 6) is 0. The minimum absolute atomic E-state index is 0.576. The van der Waals surface area contributed by atoms with Crippen molar-refractivity contribution in [3.63, 3.8) is 0 Å². The van der Waals surface area contributed by atoms with Crippen LogP contribution in [0.15, 0.2) is 24.3 Å². The second kappa shape index (κ2) is 6.05. The first-order chi connectivity index (χ1) is 10.8. The van der Waals surface area contributed by atoms with Crippen LogP contribution in [0.25, 0.3) is 0 Å².